The van der Waals surface area contributed by atoms with Crippen molar-refractivity contribution in [2.24, 2.45) is 11.7 Å². The van der Waals surface area contributed by atoms with Gasteiger partial charge < -0.3 is 15.7 Å². The first-order valence-electron chi connectivity index (χ1n) is 7.19. The maximum atomic E-state index is 11.1. The molecule has 0 bridgehead atoms. The van der Waals surface area contributed by atoms with Gasteiger partial charge in [-0.1, -0.05) is 19.8 Å². The molecule has 1 rings (SSSR count). The van der Waals surface area contributed by atoms with Gasteiger partial charge in [-0.25, -0.2) is 0 Å². The highest BCUT2D eigenvalue weighted by Crippen LogP contribution is 2.25. The Morgan fingerprint density at radius 3 is 2.56 bits per heavy atom. The summed E-state index contributed by atoms with van der Waals surface area (Å²) < 4.78 is 0. The van der Waals surface area contributed by atoms with Crippen molar-refractivity contribution in [2.75, 3.05) is 20.1 Å². The number of carbonyl (C=O) groups is 1. The van der Waals surface area contributed by atoms with Gasteiger partial charge in [-0.3, -0.25) is 4.79 Å². The molecule has 0 aromatic carbocycles. The summed E-state index contributed by atoms with van der Waals surface area (Å²) in [5.41, 5.74) is 4.84. The van der Waals surface area contributed by atoms with Crippen LogP contribution in [0.5, 0.6) is 0 Å². The second-order valence-corrected chi connectivity index (χ2v) is 5.83. The predicted octanol–water partition coefficient (Wildman–Crippen LogP) is 2.08. The van der Waals surface area contributed by atoms with Gasteiger partial charge in [0, 0.05) is 6.54 Å². The monoisotopic (exact) mass is 256 g/mol. The van der Waals surface area contributed by atoms with Crippen molar-refractivity contribution in [3.63, 3.8) is 0 Å². The molecular weight excluding hydrogens is 228 g/mol. The van der Waals surface area contributed by atoms with Crippen molar-refractivity contribution in [2.45, 2.75) is 57.4 Å². The van der Waals surface area contributed by atoms with Gasteiger partial charge in [-0.2, -0.15) is 0 Å². The third kappa shape index (κ3) is 4.58. The zero-order chi connectivity index (χ0) is 13.6. The fourth-order valence-electron chi connectivity index (χ4n) is 2.82. The van der Waals surface area contributed by atoms with Gasteiger partial charge in [0.2, 0.25) is 0 Å². The van der Waals surface area contributed by atoms with Crippen LogP contribution in [0, 0.1) is 5.92 Å². The molecule has 1 aliphatic rings. The molecule has 3 N–H and O–H groups in total. The predicted molar refractivity (Wildman–Crippen MR) is 73.5 cm³/mol. The van der Waals surface area contributed by atoms with Crippen molar-refractivity contribution in [1.29, 1.82) is 0 Å². The van der Waals surface area contributed by atoms with Gasteiger partial charge in [0.05, 0.1) is 0 Å². The van der Waals surface area contributed by atoms with Gasteiger partial charge in [-0.05, 0) is 51.6 Å². The van der Waals surface area contributed by atoms with E-state index in [1.54, 1.807) is 0 Å². The van der Waals surface area contributed by atoms with E-state index in [4.69, 9.17) is 10.8 Å². The van der Waals surface area contributed by atoms with Crippen LogP contribution in [-0.4, -0.2) is 41.7 Å². The first-order chi connectivity index (χ1) is 8.48. The lowest BCUT2D eigenvalue weighted by Crippen LogP contribution is -2.47. The largest absolute Gasteiger partial charge is 0.480 e. The lowest BCUT2D eigenvalue weighted by molar-refractivity contribution is -0.143. The Balaban J connectivity index is 2.21. The SMILES string of the molecule is CCC(N)(CCCN(C)CC1CCCC1)C(=O)O. The number of hydrogen-bond donors (Lipinski definition) is 2. The van der Waals surface area contributed by atoms with Crippen molar-refractivity contribution >= 4 is 5.97 Å². The maximum absolute atomic E-state index is 11.1. The molecule has 0 radical (unpaired) electrons. The molecule has 0 amide bonds. The molecule has 1 fully saturated rings. The van der Waals surface area contributed by atoms with E-state index >= 15 is 0 Å². The molecule has 0 heterocycles. The van der Waals surface area contributed by atoms with Crippen LogP contribution < -0.4 is 5.73 Å². The van der Waals surface area contributed by atoms with E-state index in [0.29, 0.717) is 12.8 Å². The van der Waals surface area contributed by atoms with E-state index in [0.717, 1.165) is 25.4 Å². The van der Waals surface area contributed by atoms with E-state index in [1.165, 1.54) is 25.7 Å². The third-order valence-corrected chi connectivity index (χ3v) is 4.26. The van der Waals surface area contributed by atoms with Crippen molar-refractivity contribution < 1.29 is 9.90 Å². The molecule has 1 saturated carbocycles. The summed E-state index contributed by atoms with van der Waals surface area (Å²) in [6.07, 6.45) is 7.38. The lowest BCUT2D eigenvalue weighted by Gasteiger charge is -2.25. The van der Waals surface area contributed by atoms with Crippen LogP contribution in [0.1, 0.15) is 51.9 Å². The summed E-state index contributed by atoms with van der Waals surface area (Å²) in [5.74, 6) is -0.0215. The summed E-state index contributed by atoms with van der Waals surface area (Å²) in [4.78, 5) is 13.4. The first kappa shape index (κ1) is 15.4. The molecule has 0 saturated heterocycles. The fourth-order valence-corrected chi connectivity index (χ4v) is 2.82. The molecule has 0 spiro atoms. The van der Waals surface area contributed by atoms with E-state index in [9.17, 15) is 4.79 Å². The van der Waals surface area contributed by atoms with Crippen LogP contribution in [0.25, 0.3) is 0 Å². The average molecular weight is 256 g/mol. The normalized spacial score (nSPS) is 20.2. The van der Waals surface area contributed by atoms with Gasteiger partial charge in [-0.15, -0.1) is 0 Å². The topological polar surface area (TPSA) is 66.6 Å². The quantitative estimate of drug-likeness (QED) is 0.698. The highest BCUT2D eigenvalue weighted by molar-refractivity contribution is 5.78. The van der Waals surface area contributed by atoms with Crippen LogP contribution in [0.15, 0.2) is 0 Å². The average Bonchev–Trinajstić information content (AvgIpc) is 2.81. The molecule has 0 aliphatic heterocycles. The molecule has 1 unspecified atom stereocenters. The molecule has 0 aromatic rings. The Hall–Kier alpha value is -0.610. The van der Waals surface area contributed by atoms with Gasteiger partial charge in [0.1, 0.15) is 5.54 Å². The Kier molecular flexibility index (Phi) is 6.09. The van der Waals surface area contributed by atoms with Crippen LogP contribution >= 0.6 is 0 Å². The number of hydrogen-bond acceptors (Lipinski definition) is 3. The molecule has 18 heavy (non-hydrogen) atoms. The second kappa shape index (κ2) is 7.10. The van der Waals surface area contributed by atoms with Crippen molar-refractivity contribution in [3.05, 3.63) is 0 Å². The van der Waals surface area contributed by atoms with E-state index in [1.807, 2.05) is 6.92 Å². The summed E-state index contributed by atoms with van der Waals surface area (Å²) in [5, 5.41) is 9.09. The molecule has 106 valence electrons. The third-order valence-electron chi connectivity index (χ3n) is 4.26. The minimum absolute atomic E-state index is 0.495. The fraction of sp³-hybridized carbons (Fsp3) is 0.929. The highest BCUT2D eigenvalue weighted by Gasteiger charge is 2.31. The van der Waals surface area contributed by atoms with Crippen LogP contribution in [0.2, 0.25) is 0 Å². The van der Waals surface area contributed by atoms with Gasteiger partial charge >= 0.3 is 5.97 Å². The standard InChI is InChI=1S/C14H28N2O2/c1-3-14(15,13(17)18)9-6-10-16(2)11-12-7-4-5-8-12/h12H,3-11,15H2,1-2H3,(H,17,18). The lowest BCUT2D eigenvalue weighted by atomic mass is 9.92. The van der Waals surface area contributed by atoms with E-state index < -0.39 is 11.5 Å². The summed E-state index contributed by atoms with van der Waals surface area (Å²) >= 11 is 0. The zero-order valence-electron chi connectivity index (χ0n) is 11.8. The number of carboxylic acid groups (broad SMARTS) is 1. The van der Waals surface area contributed by atoms with Crippen molar-refractivity contribution in [1.82, 2.24) is 4.90 Å². The molecule has 1 aliphatic carbocycles. The van der Waals surface area contributed by atoms with Gasteiger partial charge in [0.15, 0.2) is 0 Å². The molecule has 1 atom stereocenters. The number of nitrogens with two attached hydrogens (primary N) is 1. The number of nitrogens with zero attached hydrogens (tertiary/aromatic N) is 1. The Morgan fingerprint density at radius 1 is 1.44 bits per heavy atom. The zero-order valence-corrected chi connectivity index (χ0v) is 11.8. The Bertz CT molecular complexity index is 265. The van der Waals surface area contributed by atoms with E-state index in [2.05, 4.69) is 11.9 Å². The number of aliphatic carboxylic acids is 1. The molecule has 4 nitrogen and oxygen atoms in total. The minimum Gasteiger partial charge on any atom is -0.480 e. The highest BCUT2D eigenvalue weighted by atomic mass is 16.4. The molecule has 0 aromatic heterocycles. The van der Waals surface area contributed by atoms with Crippen LogP contribution in [0.3, 0.4) is 0 Å². The number of carboxylic acids is 1. The van der Waals surface area contributed by atoms with Crippen LogP contribution in [0.4, 0.5) is 0 Å². The summed E-state index contributed by atoms with van der Waals surface area (Å²) in [6, 6.07) is 0. The Labute approximate surface area is 111 Å². The number of rotatable bonds is 8. The maximum Gasteiger partial charge on any atom is 0.323 e. The minimum atomic E-state index is -1.03. The summed E-state index contributed by atoms with van der Waals surface area (Å²) in [7, 11) is 2.13. The van der Waals surface area contributed by atoms with Crippen molar-refractivity contribution in [3.8, 4) is 0 Å². The first-order valence-corrected chi connectivity index (χ1v) is 7.19. The van der Waals surface area contributed by atoms with Crippen LogP contribution in [-0.2, 0) is 4.79 Å². The van der Waals surface area contributed by atoms with E-state index in [-0.39, 0.29) is 0 Å². The summed E-state index contributed by atoms with van der Waals surface area (Å²) in [6.45, 7) is 3.94. The van der Waals surface area contributed by atoms with Gasteiger partial charge in [0.25, 0.3) is 0 Å². The second-order valence-electron chi connectivity index (χ2n) is 5.83. The molecule has 4 heteroatoms. The molecular formula is C14H28N2O2. The smallest absolute Gasteiger partial charge is 0.323 e. The Morgan fingerprint density at radius 2 is 2.06 bits per heavy atom.